The molecule has 0 aliphatic heterocycles. The van der Waals surface area contributed by atoms with Crippen LogP contribution in [0.25, 0.3) is 22.1 Å². The number of hydrogen-bond donors (Lipinski definition) is 0. The van der Waals surface area contributed by atoms with Crippen LogP contribution in [0.4, 0.5) is 0 Å². The van der Waals surface area contributed by atoms with E-state index in [2.05, 4.69) is 0 Å². The van der Waals surface area contributed by atoms with E-state index in [-0.39, 0.29) is 17.8 Å². The van der Waals surface area contributed by atoms with Crippen molar-refractivity contribution in [3.8, 4) is 16.9 Å². The zero-order chi connectivity index (χ0) is 20.4. The van der Waals surface area contributed by atoms with Crippen LogP contribution in [0.1, 0.15) is 16.1 Å². The number of ketones is 1. The number of fused-ring (bicyclic) bond motifs is 1. The summed E-state index contributed by atoms with van der Waals surface area (Å²) in [5.74, 6) is 0.840. The molecule has 0 aliphatic carbocycles. The Hall–Kier alpha value is -3.37. The number of hydrogen-bond acceptors (Lipinski definition) is 4. The van der Waals surface area contributed by atoms with Crippen molar-refractivity contribution in [3.63, 3.8) is 0 Å². The Morgan fingerprint density at radius 1 is 1.00 bits per heavy atom. The maximum atomic E-state index is 13.0. The van der Waals surface area contributed by atoms with Crippen LogP contribution >= 0.6 is 11.6 Å². The zero-order valence-corrected chi connectivity index (χ0v) is 16.4. The van der Waals surface area contributed by atoms with Crippen molar-refractivity contribution in [2.75, 3.05) is 6.61 Å². The van der Waals surface area contributed by atoms with E-state index in [1.165, 1.54) is 0 Å². The van der Waals surface area contributed by atoms with Gasteiger partial charge in [-0.25, -0.2) is 0 Å². The zero-order valence-electron chi connectivity index (χ0n) is 15.6. The van der Waals surface area contributed by atoms with Crippen molar-refractivity contribution in [3.05, 3.63) is 99.4 Å². The van der Waals surface area contributed by atoms with Gasteiger partial charge in [-0.1, -0.05) is 54.1 Å². The number of Topliss-reactive ketones (excluding diaryl/α,β-unsaturated/α-hetero) is 1. The van der Waals surface area contributed by atoms with Gasteiger partial charge >= 0.3 is 0 Å². The third kappa shape index (κ3) is 3.93. The molecule has 4 nitrogen and oxygen atoms in total. The van der Waals surface area contributed by atoms with Gasteiger partial charge in [0.2, 0.25) is 5.43 Å². The molecule has 0 fully saturated rings. The highest BCUT2D eigenvalue weighted by Gasteiger charge is 2.14. The van der Waals surface area contributed by atoms with Crippen molar-refractivity contribution >= 4 is 28.4 Å². The number of halogens is 1. The minimum absolute atomic E-state index is 0.0956. The molecule has 29 heavy (non-hydrogen) atoms. The molecule has 0 radical (unpaired) electrons. The first-order chi connectivity index (χ1) is 14.0. The summed E-state index contributed by atoms with van der Waals surface area (Å²) >= 11 is 5.94. The molecule has 4 aromatic rings. The van der Waals surface area contributed by atoms with Gasteiger partial charge in [0.25, 0.3) is 0 Å². The summed E-state index contributed by atoms with van der Waals surface area (Å²) in [6.45, 7) is 1.65. The molecule has 1 aromatic heterocycles. The molecule has 0 bridgehead atoms. The summed E-state index contributed by atoms with van der Waals surface area (Å²) in [5, 5.41) is 1.05. The summed E-state index contributed by atoms with van der Waals surface area (Å²) in [6.07, 6.45) is 0. The van der Waals surface area contributed by atoms with Crippen LogP contribution < -0.4 is 10.2 Å². The normalized spacial score (nSPS) is 10.8. The molecule has 0 unspecified atom stereocenters. The van der Waals surface area contributed by atoms with E-state index in [9.17, 15) is 9.59 Å². The Balaban J connectivity index is 1.63. The summed E-state index contributed by atoms with van der Waals surface area (Å²) in [4.78, 5) is 25.2. The molecular formula is C24H17ClO4. The number of rotatable bonds is 5. The number of carbonyl (C=O) groups is 1. The molecule has 0 spiro atoms. The standard InChI is InChI=1S/C24H17ClO4/c1-15-23(17-7-9-18(25)10-8-17)24(27)20-12-11-19(13-22(20)29-15)28-14-21(26)16-5-3-2-4-6-16/h2-13H,14H2,1H3. The van der Waals surface area contributed by atoms with Crippen LogP contribution in [-0.4, -0.2) is 12.4 Å². The highest BCUT2D eigenvalue weighted by Crippen LogP contribution is 2.27. The SMILES string of the molecule is Cc1oc2cc(OCC(=O)c3ccccc3)ccc2c(=O)c1-c1ccc(Cl)cc1. The second-order valence-corrected chi connectivity index (χ2v) is 7.04. The molecule has 0 N–H and O–H groups in total. The van der Waals surface area contributed by atoms with Crippen LogP contribution in [-0.2, 0) is 0 Å². The minimum atomic E-state index is -0.127. The molecule has 0 aliphatic rings. The number of aryl methyl sites for hydroxylation is 1. The van der Waals surface area contributed by atoms with E-state index in [1.54, 1.807) is 73.7 Å². The second-order valence-electron chi connectivity index (χ2n) is 6.61. The lowest BCUT2D eigenvalue weighted by Crippen LogP contribution is -2.12. The molecule has 0 saturated heterocycles. The van der Waals surface area contributed by atoms with Crippen LogP contribution in [0.15, 0.2) is 82.0 Å². The molecule has 1 heterocycles. The predicted molar refractivity (Wildman–Crippen MR) is 114 cm³/mol. The minimum Gasteiger partial charge on any atom is -0.485 e. The number of carbonyl (C=O) groups excluding carboxylic acids is 1. The molecule has 0 amide bonds. The quantitative estimate of drug-likeness (QED) is 0.401. The van der Waals surface area contributed by atoms with Gasteiger partial charge < -0.3 is 9.15 Å². The average molecular weight is 405 g/mol. The molecule has 144 valence electrons. The van der Waals surface area contributed by atoms with Gasteiger partial charge in [-0.05, 0) is 36.8 Å². The van der Waals surface area contributed by atoms with E-state index < -0.39 is 0 Å². The molecule has 5 heteroatoms. The van der Waals surface area contributed by atoms with Gasteiger partial charge in [-0.2, -0.15) is 0 Å². The van der Waals surface area contributed by atoms with E-state index in [4.69, 9.17) is 20.8 Å². The third-order valence-corrected chi connectivity index (χ3v) is 4.89. The van der Waals surface area contributed by atoms with Gasteiger partial charge in [-0.3, -0.25) is 9.59 Å². The molecule has 4 rings (SSSR count). The lowest BCUT2D eigenvalue weighted by molar-refractivity contribution is 0.0921. The lowest BCUT2D eigenvalue weighted by atomic mass is 10.0. The topological polar surface area (TPSA) is 56.5 Å². The first-order valence-corrected chi connectivity index (χ1v) is 9.45. The highest BCUT2D eigenvalue weighted by atomic mass is 35.5. The molecule has 0 saturated carbocycles. The maximum absolute atomic E-state index is 13.0. The van der Waals surface area contributed by atoms with Crippen LogP contribution in [0.5, 0.6) is 5.75 Å². The second kappa shape index (κ2) is 7.94. The summed E-state index contributed by atoms with van der Waals surface area (Å²) < 4.78 is 11.5. The third-order valence-electron chi connectivity index (χ3n) is 4.64. The summed E-state index contributed by atoms with van der Waals surface area (Å²) in [6, 6.07) is 21.0. The Kier molecular flexibility index (Phi) is 5.19. The van der Waals surface area contributed by atoms with E-state index in [0.717, 1.165) is 5.56 Å². The van der Waals surface area contributed by atoms with Crippen molar-refractivity contribution < 1.29 is 13.9 Å². The first-order valence-electron chi connectivity index (χ1n) is 9.07. The maximum Gasteiger partial charge on any atom is 0.200 e. The fraction of sp³-hybridized carbons (Fsp3) is 0.0833. The van der Waals surface area contributed by atoms with Crippen molar-refractivity contribution in [1.29, 1.82) is 0 Å². The average Bonchev–Trinajstić information content (AvgIpc) is 2.73. The van der Waals surface area contributed by atoms with Crippen LogP contribution in [0.2, 0.25) is 5.02 Å². The van der Waals surface area contributed by atoms with Crippen molar-refractivity contribution in [1.82, 2.24) is 0 Å². The summed E-state index contributed by atoms with van der Waals surface area (Å²) in [7, 11) is 0. The lowest BCUT2D eigenvalue weighted by Gasteiger charge is -2.09. The Bertz CT molecular complexity index is 1240. The highest BCUT2D eigenvalue weighted by molar-refractivity contribution is 6.30. The monoisotopic (exact) mass is 404 g/mol. The smallest absolute Gasteiger partial charge is 0.200 e. The Morgan fingerprint density at radius 3 is 2.45 bits per heavy atom. The van der Waals surface area contributed by atoms with Gasteiger partial charge in [-0.15, -0.1) is 0 Å². The molecular weight excluding hydrogens is 388 g/mol. The molecule has 0 atom stereocenters. The van der Waals surface area contributed by atoms with Gasteiger partial charge in [0.15, 0.2) is 12.4 Å². The number of ether oxygens (including phenoxy) is 1. The largest absolute Gasteiger partial charge is 0.485 e. The van der Waals surface area contributed by atoms with Crippen molar-refractivity contribution in [2.45, 2.75) is 6.92 Å². The van der Waals surface area contributed by atoms with Gasteiger partial charge in [0.1, 0.15) is 17.1 Å². The Morgan fingerprint density at radius 2 is 1.72 bits per heavy atom. The molecule has 3 aromatic carbocycles. The van der Waals surface area contributed by atoms with E-state index >= 15 is 0 Å². The van der Waals surface area contributed by atoms with E-state index in [1.807, 2.05) is 6.07 Å². The number of benzene rings is 3. The van der Waals surface area contributed by atoms with Crippen molar-refractivity contribution in [2.24, 2.45) is 0 Å². The first kappa shape index (κ1) is 19.0. The predicted octanol–water partition coefficient (Wildman–Crippen LogP) is 5.68. The van der Waals surface area contributed by atoms with Gasteiger partial charge in [0.05, 0.1) is 10.9 Å². The van der Waals surface area contributed by atoms with Crippen LogP contribution in [0.3, 0.4) is 0 Å². The summed E-state index contributed by atoms with van der Waals surface area (Å²) in [5.41, 5.74) is 2.12. The van der Waals surface area contributed by atoms with Crippen LogP contribution in [0, 0.1) is 6.92 Å². The Labute approximate surface area is 172 Å². The fourth-order valence-corrected chi connectivity index (χ4v) is 3.31. The fourth-order valence-electron chi connectivity index (χ4n) is 3.18. The van der Waals surface area contributed by atoms with Gasteiger partial charge in [0, 0.05) is 16.7 Å². The van der Waals surface area contributed by atoms with E-state index in [0.29, 0.717) is 38.6 Å².